The summed E-state index contributed by atoms with van der Waals surface area (Å²) in [5.41, 5.74) is 1.79. The second-order valence-corrected chi connectivity index (χ2v) is 4.01. The molecule has 1 atom stereocenters. The van der Waals surface area contributed by atoms with Crippen molar-refractivity contribution in [2.45, 2.75) is 12.5 Å². The predicted octanol–water partition coefficient (Wildman–Crippen LogP) is 1.61. The molecule has 0 fully saturated rings. The summed E-state index contributed by atoms with van der Waals surface area (Å²) in [5.74, 6) is -0.359. The lowest BCUT2D eigenvalue weighted by molar-refractivity contribution is -0.142. The van der Waals surface area contributed by atoms with Gasteiger partial charge in [-0.2, -0.15) is 0 Å². The van der Waals surface area contributed by atoms with Crippen molar-refractivity contribution in [2.75, 3.05) is 7.11 Å². The molecule has 98 valence electrons. The molecule has 0 amide bonds. The van der Waals surface area contributed by atoms with Gasteiger partial charge in [-0.15, -0.1) is 0 Å². The Balaban J connectivity index is 2.10. The Hall–Kier alpha value is -2.43. The van der Waals surface area contributed by atoms with E-state index in [9.17, 15) is 4.79 Å². The highest BCUT2D eigenvalue weighted by Crippen LogP contribution is 2.05. The number of imidazole rings is 1. The van der Waals surface area contributed by atoms with Crippen LogP contribution in [-0.4, -0.2) is 35.3 Å². The number of carbonyl (C=O) groups is 1. The highest BCUT2D eigenvalue weighted by Gasteiger charge is 2.18. The third-order valence-corrected chi connectivity index (χ3v) is 2.64. The third-order valence-electron chi connectivity index (χ3n) is 2.64. The van der Waals surface area contributed by atoms with Crippen molar-refractivity contribution in [1.82, 2.24) is 9.97 Å². The molecule has 1 aromatic carbocycles. The molecule has 0 saturated heterocycles. The lowest BCUT2D eigenvalue weighted by atomic mass is 10.1. The summed E-state index contributed by atoms with van der Waals surface area (Å²) < 4.78 is 4.76. The van der Waals surface area contributed by atoms with Crippen LogP contribution in [0, 0.1) is 0 Å². The van der Waals surface area contributed by atoms with Crippen LogP contribution in [0.2, 0.25) is 0 Å². The van der Waals surface area contributed by atoms with E-state index in [-0.39, 0.29) is 5.97 Å². The van der Waals surface area contributed by atoms with Crippen molar-refractivity contribution in [3.63, 3.8) is 0 Å². The van der Waals surface area contributed by atoms with Crippen molar-refractivity contribution < 1.29 is 9.53 Å². The number of methoxy groups -OCH3 is 1. The molecule has 1 heterocycles. The Morgan fingerprint density at radius 1 is 1.47 bits per heavy atom. The summed E-state index contributed by atoms with van der Waals surface area (Å²) in [7, 11) is 1.36. The maximum absolute atomic E-state index is 11.7. The van der Waals surface area contributed by atoms with E-state index in [0.29, 0.717) is 6.42 Å². The second-order valence-electron chi connectivity index (χ2n) is 4.01. The maximum Gasteiger partial charge on any atom is 0.330 e. The van der Waals surface area contributed by atoms with Crippen LogP contribution < -0.4 is 0 Å². The van der Waals surface area contributed by atoms with E-state index < -0.39 is 6.04 Å². The number of ether oxygens (including phenoxy) is 1. The Kier molecular flexibility index (Phi) is 4.44. The lowest BCUT2D eigenvalue weighted by Gasteiger charge is -2.08. The number of aromatic amines is 1. The lowest BCUT2D eigenvalue weighted by Crippen LogP contribution is -2.23. The molecular weight excluding hydrogens is 242 g/mol. The monoisotopic (exact) mass is 257 g/mol. The Morgan fingerprint density at radius 2 is 2.26 bits per heavy atom. The molecule has 0 aliphatic rings. The topological polar surface area (TPSA) is 67.3 Å². The summed E-state index contributed by atoms with van der Waals surface area (Å²) in [4.78, 5) is 22.9. The first-order chi connectivity index (χ1) is 9.29. The van der Waals surface area contributed by atoms with Crippen LogP contribution in [0.4, 0.5) is 0 Å². The first-order valence-electron chi connectivity index (χ1n) is 5.93. The molecule has 2 aromatic rings. The molecule has 5 heteroatoms. The number of rotatable bonds is 5. The Labute approximate surface area is 111 Å². The average Bonchev–Trinajstić information content (AvgIpc) is 2.96. The van der Waals surface area contributed by atoms with Gasteiger partial charge in [-0.25, -0.2) is 9.78 Å². The number of carbonyl (C=O) groups excluding carboxylic acids is 1. The zero-order valence-corrected chi connectivity index (χ0v) is 10.6. The van der Waals surface area contributed by atoms with Crippen LogP contribution in [0.5, 0.6) is 0 Å². The van der Waals surface area contributed by atoms with Crippen molar-refractivity contribution in [3.05, 3.63) is 54.1 Å². The summed E-state index contributed by atoms with van der Waals surface area (Å²) in [6.07, 6.45) is 5.37. The van der Waals surface area contributed by atoms with Crippen molar-refractivity contribution in [1.29, 1.82) is 0 Å². The number of aliphatic imine (C=N–C) groups is 1. The first kappa shape index (κ1) is 13.0. The van der Waals surface area contributed by atoms with Crippen molar-refractivity contribution in [3.8, 4) is 0 Å². The van der Waals surface area contributed by atoms with Gasteiger partial charge in [-0.3, -0.25) is 4.99 Å². The van der Waals surface area contributed by atoms with Gasteiger partial charge in [0, 0.05) is 24.5 Å². The fourth-order valence-electron chi connectivity index (χ4n) is 1.65. The average molecular weight is 257 g/mol. The van der Waals surface area contributed by atoms with Gasteiger partial charge in [0.1, 0.15) is 0 Å². The maximum atomic E-state index is 11.7. The summed E-state index contributed by atoms with van der Waals surface area (Å²) in [6, 6.07) is 9.06. The largest absolute Gasteiger partial charge is 0.467 e. The summed E-state index contributed by atoms with van der Waals surface area (Å²) in [6.45, 7) is 0. The van der Waals surface area contributed by atoms with Crippen LogP contribution in [-0.2, 0) is 16.0 Å². The molecule has 0 spiro atoms. The van der Waals surface area contributed by atoms with E-state index >= 15 is 0 Å². The standard InChI is InChI=1S/C14H15N3O2/c1-19-14(18)13(7-12-9-15-10-17-12)16-8-11-5-3-2-4-6-11/h2-6,8-10,13H,7H2,1H3,(H,15,17)/t13-/m0/s1. The van der Waals surface area contributed by atoms with Crippen LogP contribution >= 0.6 is 0 Å². The van der Waals surface area contributed by atoms with Gasteiger partial charge in [-0.05, 0) is 5.56 Å². The molecule has 1 N–H and O–H groups in total. The van der Waals surface area contributed by atoms with E-state index in [4.69, 9.17) is 4.74 Å². The highest BCUT2D eigenvalue weighted by molar-refractivity contribution is 5.84. The molecule has 5 nitrogen and oxygen atoms in total. The molecule has 0 aliphatic heterocycles. The van der Waals surface area contributed by atoms with Crippen LogP contribution in [0.15, 0.2) is 47.8 Å². The summed E-state index contributed by atoms with van der Waals surface area (Å²) >= 11 is 0. The number of nitrogens with zero attached hydrogens (tertiary/aromatic N) is 2. The normalized spacial score (nSPS) is 12.5. The van der Waals surface area contributed by atoms with Crippen LogP contribution in [0.1, 0.15) is 11.3 Å². The summed E-state index contributed by atoms with van der Waals surface area (Å²) in [5, 5.41) is 0. The molecule has 19 heavy (non-hydrogen) atoms. The first-order valence-corrected chi connectivity index (χ1v) is 5.93. The third kappa shape index (κ3) is 3.77. The van der Waals surface area contributed by atoms with Gasteiger partial charge in [0.05, 0.1) is 13.4 Å². The Bertz CT molecular complexity index is 535. The number of benzene rings is 1. The van der Waals surface area contributed by atoms with E-state index in [2.05, 4.69) is 15.0 Å². The SMILES string of the molecule is COC(=O)[C@H](Cc1cnc[nH]1)N=Cc1ccccc1. The number of esters is 1. The highest BCUT2D eigenvalue weighted by atomic mass is 16.5. The fraction of sp³-hybridized carbons (Fsp3) is 0.214. The zero-order valence-electron chi connectivity index (χ0n) is 10.6. The molecule has 2 rings (SSSR count). The quantitative estimate of drug-likeness (QED) is 0.653. The van der Waals surface area contributed by atoms with E-state index in [1.807, 2.05) is 30.3 Å². The molecule has 0 radical (unpaired) electrons. The Morgan fingerprint density at radius 3 is 2.89 bits per heavy atom. The van der Waals surface area contributed by atoms with Gasteiger partial charge in [0.15, 0.2) is 6.04 Å². The van der Waals surface area contributed by atoms with Gasteiger partial charge in [0.2, 0.25) is 0 Å². The number of nitrogens with one attached hydrogen (secondary N) is 1. The van der Waals surface area contributed by atoms with Crippen molar-refractivity contribution in [2.24, 2.45) is 4.99 Å². The number of hydrogen-bond donors (Lipinski definition) is 1. The fourth-order valence-corrected chi connectivity index (χ4v) is 1.65. The molecule has 0 unspecified atom stereocenters. The van der Waals surface area contributed by atoms with E-state index in [1.165, 1.54) is 7.11 Å². The van der Waals surface area contributed by atoms with E-state index in [1.54, 1.807) is 18.7 Å². The minimum Gasteiger partial charge on any atom is -0.467 e. The number of aromatic nitrogens is 2. The minimum absolute atomic E-state index is 0.359. The van der Waals surface area contributed by atoms with E-state index in [0.717, 1.165) is 11.3 Å². The molecule has 0 aliphatic carbocycles. The molecular formula is C14H15N3O2. The smallest absolute Gasteiger partial charge is 0.330 e. The van der Waals surface area contributed by atoms with Gasteiger partial charge in [0.25, 0.3) is 0 Å². The zero-order chi connectivity index (χ0) is 13.5. The number of hydrogen-bond acceptors (Lipinski definition) is 4. The van der Waals surface area contributed by atoms with Crippen LogP contribution in [0.3, 0.4) is 0 Å². The number of H-pyrrole nitrogens is 1. The second kappa shape index (κ2) is 6.49. The molecule has 1 aromatic heterocycles. The van der Waals surface area contributed by atoms with Gasteiger partial charge in [-0.1, -0.05) is 30.3 Å². The predicted molar refractivity (Wildman–Crippen MR) is 72.1 cm³/mol. The van der Waals surface area contributed by atoms with Gasteiger partial charge < -0.3 is 9.72 Å². The molecule has 0 saturated carbocycles. The molecule has 0 bridgehead atoms. The minimum atomic E-state index is -0.564. The van der Waals surface area contributed by atoms with Crippen molar-refractivity contribution >= 4 is 12.2 Å². The van der Waals surface area contributed by atoms with Crippen LogP contribution in [0.25, 0.3) is 0 Å². The van der Waals surface area contributed by atoms with Gasteiger partial charge >= 0.3 is 5.97 Å².